The first kappa shape index (κ1) is 9.42. The number of carbonyl (C=O) groups is 1. The van der Waals surface area contributed by atoms with Gasteiger partial charge in [0.1, 0.15) is 17.8 Å². The number of primary sulfonamides is 1. The van der Waals surface area contributed by atoms with Crippen LogP contribution < -0.4 is 5.14 Å². The van der Waals surface area contributed by atoms with E-state index in [1.807, 2.05) is 0 Å². The number of hydrogen-bond donors (Lipinski definition) is 1. The Morgan fingerprint density at radius 3 is 2.86 bits per heavy atom. The number of ether oxygens (including phenoxy) is 1. The maximum Gasteiger partial charge on any atom is 0.315 e. The van der Waals surface area contributed by atoms with Crippen molar-refractivity contribution in [1.29, 1.82) is 0 Å². The van der Waals surface area contributed by atoms with Gasteiger partial charge >= 0.3 is 5.97 Å². The third-order valence-electron chi connectivity index (χ3n) is 2.35. The highest BCUT2D eigenvalue weighted by atomic mass is 32.2. The van der Waals surface area contributed by atoms with Crippen LogP contribution in [0.1, 0.15) is 0 Å². The molecule has 0 amide bonds. The van der Waals surface area contributed by atoms with Gasteiger partial charge in [0.2, 0.25) is 10.0 Å². The first-order valence-corrected chi connectivity index (χ1v) is 5.66. The fraction of sp³-hybridized carbons (Fsp3) is 0.375. The molecule has 1 aliphatic carbocycles. The van der Waals surface area contributed by atoms with Gasteiger partial charge in [-0.2, -0.15) is 0 Å². The molecule has 2 unspecified atom stereocenters. The number of hydrogen-bond acceptors (Lipinski definition) is 4. The minimum Gasteiger partial charge on any atom is -0.461 e. The van der Waals surface area contributed by atoms with Crippen LogP contribution in [-0.2, 0) is 19.6 Å². The molecule has 1 fully saturated rings. The molecule has 0 aromatic carbocycles. The molecule has 0 aromatic heterocycles. The molecule has 1 heterocycles. The zero-order chi connectivity index (χ0) is 10.3. The Morgan fingerprint density at radius 1 is 1.50 bits per heavy atom. The third kappa shape index (κ3) is 1.36. The van der Waals surface area contributed by atoms with E-state index in [2.05, 4.69) is 0 Å². The summed E-state index contributed by atoms with van der Waals surface area (Å²) in [5.74, 6) is -1.25. The van der Waals surface area contributed by atoms with Gasteiger partial charge in [0, 0.05) is 0 Å². The van der Waals surface area contributed by atoms with Crippen molar-refractivity contribution in [3.63, 3.8) is 0 Å². The molecule has 14 heavy (non-hydrogen) atoms. The van der Waals surface area contributed by atoms with E-state index >= 15 is 0 Å². The lowest BCUT2D eigenvalue weighted by Crippen LogP contribution is -2.37. The van der Waals surface area contributed by atoms with Crippen molar-refractivity contribution in [2.24, 2.45) is 11.1 Å². The van der Waals surface area contributed by atoms with E-state index in [0.717, 1.165) is 0 Å². The lowest BCUT2D eigenvalue weighted by molar-refractivity contribution is -0.141. The molecular weight excluding hydrogens is 206 g/mol. The summed E-state index contributed by atoms with van der Waals surface area (Å²) in [4.78, 5) is 11.2. The summed E-state index contributed by atoms with van der Waals surface area (Å²) in [5, 5.41) is 4.04. The maximum atomic E-state index is 11.2. The monoisotopic (exact) mass is 215 g/mol. The first-order valence-electron chi connectivity index (χ1n) is 4.05. The van der Waals surface area contributed by atoms with Crippen molar-refractivity contribution in [3.8, 4) is 0 Å². The molecule has 2 rings (SSSR count). The van der Waals surface area contributed by atoms with Crippen LogP contribution in [0.15, 0.2) is 23.8 Å². The van der Waals surface area contributed by atoms with Crippen molar-refractivity contribution in [3.05, 3.63) is 23.8 Å². The molecular formula is C8H9NO4S. The van der Waals surface area contributed by atoms with Gasteiger partial charge in [0.05, 0.1) is 0 Å². The van der Waals surface area contributed by atoms with Crippen LogP contribution in [0.4, 0.5) is 0 Å². The van der Waals surface area contributed by atoms with E-state index in [4.69, 9.17) is 9.88 Å². The van der Waals surface area contributed by atoms with Gasteiger partial charge in [0.15, 0.2) is 0 Å². The number of esters is 1. The summed E-state index contributed by atoms with van der Waals surface area (Å²) < 4.78 is 27.1. The highest BCUT2D eigenvalue weighted by Crippen LogP contribution is 2.31. The van der Waals surface area contributed by atoms with Gasteiger partial charge in [-0.15, -0.1) is 0 Å². The molecule has 0 saturated carbocycles. The van der Waals surface area contributed by atoms with Crippen molar-refractivity contribution in [2.45, 2.75) is 5.25 Å². The van der Waals surface area contributed by atoms with E-state index in [1.165, 1.54) is 6.08 Å². The topological polar surface area (TPSA) is 86.5 Å². The molecule has 0 bridgehead atoms. The SMILES string of the molecule is NS(=O)(=O)C1C=CC=C2COC(=O)C21. The molecule has 2 atom stereocenters. The Balaban J connectivity index is 2.43. The zero-order valence-electron chi connectivity index (χ0n) is 7.21. The summed E-state index contributed by atoms with van der Waals surface area (Å²) in [6.45, 7) is 0.167. The fourth-order valence-corrected chi connectivity index (χ4v) is 2.66. The molecule has 76 valence electrons. The second kappa shape index (κ2) is 2.93. The van der Waals surface area contributed by atoms with E-state index < -0.39 is 27.2 Å². The molecule has 0 spiro atoms. The van der Waals surface area contributed by atoms with Crippen molar-refractivity contribution < 1.29 is 17.9 Å². The normalized spacial score (nSPS) is 30.9. The summed E-state index contributed by atoms with van der Waals surface area (Å²) in [6, 6.07) is 0. The van der Waals surface area contributed by atoms with Crippen LogP contribution in [0.25, 0.3) is 0 Å². The number of cyclic esters (lactones) is 1. The lowest BCUT2D eigenvalue weighted by atomic mass is 9.94. The Bertz CT molecular complexity index is 434. The molecule has 1 aliphatic heterocycles. The molecule has 2 N–H and O–H groups in total. The highest BCUT2D eigenvalue weighted by Gasteiger charge is 2.43. The minimum absolute atomic E-state index is 0.167. The lowest BCUT2D eigenvalue weighted by Gasteiger charge is -2.18. The molecule has 0 radical (unpaired) electrons. The first-order chi connectivity index (χ1) is 6.50. The van der Waals surface area contributed by atoms with Crippen LogP contribution in [0.5, 0.6) is 0 Å². The summed E-state index contributed by atoms with van der Waals surface area (Å²) >= 11 is 0. The zero-order valence-corrected chi connectivity index (χ0v) is 8.03. The second-order valence-electron chi connectivity index (χ2n) is 3.27. The number of allylic oxidation sites excluding steroid dienone is 2. The third-order valence-corrected chi connectivity index (χ3v) is 3.54. The highest BCUT2D eigenvalue weighted by molar-refractivity contribution is 7.90. The van der Waals surface area contributed by atoms with Crippen LogP contribution in [0.2, 0.25) is 0 Å². The minimum atomic E-state index is -3.74. The van der Waals surface area contributed by atoms with Crippen LogP contribution in [0.3, 0.4) is 0 Å². The van der Waals surface area contributed by atoms with Crippen LogP contribution >= 0.6 is 0 Å². The van der Waals surface area contributed by atoms with E-state index in [9.17, 15) is 13.2 Å². The van der Waals surface area contributed by atoms with Crippen LogP contribution in [-0.4, -0.2) is 26.2 Å². The van der Waals surface area contributed by atoms with Crippen LogP contribution in [0, 0.1) is 5.92 Å². The largest absolute Gasteiger partial charge is 0.461 e. The predicted molar refractivity (Wildman–Crippen MR) is 48.6 cm³/mol. The van der Waals surface area contributed by atoms with Gasteiger partial charge in [-0.3, -0.25) is 4.79 Å². The average molecular weight is 215 g/mol. The van der Waals surface area contributed by atoms with Gasteiger partial charge < -0.3 is 4.74 Å². The predicted octanol–water partition coefficient (Wildman–Crippen LogP) is -0.687. The van der Waals surface area contributed by atoms with Gasteiger partial charge in [-0.05, 0) is 5.57 Å². The molecule has 0 aromatic rings. The number of rotatable bonds is 1. The van der Waals surface area contributed by atoms with Gasteiger partial charge in [-0.1, -0.05) is 18.2 Å². The molecule has 5 nitrogen and oxygen atoms in total. The number of carbonyl (C=O) groups excluding carboxylic acids is 1. The molecule has 2 aliphatic rings. The van der Waals surface area contributed by atoms with Gasteiger partial charge in [-0.25, -0.2) is 13.6 Å². The van der Waals surface area contributed by atoms with E-state index in [0.29, 0.717) is 5.57 Å². The summed E-state index contributed by atoms with van der Waals surface area (Å²) in [6.07, 6.45) is 4.69. The summed E-state index contributed by atoms with van der Waals surface area (Å²) in [7, 11) is -3.74. The fourth-order valence-electron chi connectivity index (χ4n) is 1.68. The number of fused-ring (bicyclic) bond motifs is 1. The molecule has 1 saturated heterocycles. The molecule has 6 heteroatoms. The van der Waals surface area contributed by atoms with Crippen molar-refractivity contribution >= 4 is 16.0 Å². The van der Waals surface area contributed by atoms with E-state index in [1.54, 1.807) is 12.2 Å². The quantitative estimate of drug-likeness (QED) is 0.587. The standard InChI is InChI=1S/C8H9NO4S/c9-14(11,12)6-3-1-2-5-4-13-8(10)7(5)6/h1-3,6-7H,4H2,(H2,9,11,12). The maximum absolute atomic E-state index is 11.2. The van der Waals surface area contributed by atoms with Crippen molar-refractivity contribution in [1.82, 2.24) is 0 Å². The van der Waals surface area contributed by atoms with E-state index in [-0.39, 0.29) is 6.61 Å². The number of sulfonamides is 1. The smallest absolute Gasteiger partial charge is 0.315 e. The second-order valence-corrected chi connectivity index (χ2v) is 4.99. The van der Waals surface area contributed by atoms with Crippen molar-refractivity contribution in [2.75, 3.05) is 6.61 Å². The number of nitrogens with two attached hydrogens (primary N) is 1. The summed E-state index contributed by atoms with van der Waals surface area (Å²) in [5.41, 5.74) is 0.677. The Morgan fingerprint density at radius 2 is 2.21 bits per heavy atom. The Labute approximate surface area is 81.3 Å². The Kier molecular flexibility index (Phi) is 1.97. The Hall–Kier alpha value is -1.14. The average Bonchev–Trinajstić information content (AvgIpc) is 2.46. The van der Waals surface area contributed by atoms with Gasteiger partial charge in [0.25, 0.3) is 0 Å².